The fraction of sp³-hybridized carbons (Fsp3) is 0.176. The molecule has 0 aliphatic rings. The van der Waals surface area contributed by atoms with Crippen LogP contribution in [0.5, 0.6) is 0 Å². The minimum atomic E-state index is -0.191. The van der Waals surface area contributed by atoms with Gasteiger partial charge >= 0.3 is 0 Å². The Bertz CT molecular complexity index is 748. The van der Waals surface area contributed by atoms with Crippen molar-refractivity contribution in [2.24, 2.45) is 5.73 Å². The van der Waals surface area contributed by atoms with Crippen molar-refractivity contribution in [3.63, 3.8) is 0 Å². The summed E-state index contributed by atoms with van der Waals surface area (Å²) in [4.78, 5) is 0. The van der Waals surface area contributed by atoms with Gasteiger partial charge < -0.3 is 10.2 Å². The molecule has 0 spiro atoms. The van der Waals surface area contributed by atoms with E-state index < -0.39 is 0 Å². The number of fused-ring (bicyclic) bond motifs is 1. The van der Waals surface area contributed by atoms with Crippen molar-refractivity contribution >= 4 is 26.9 Å². The Labute approximate surface area is 126 Å². The summed E-state index contributed by atoms with van der Waals surface area (Å²) in [5, 5.41) is 1.10. The number of halogens is 1. The average molecular weight is 330 g/mol. The van der Waals surface area contributed by atoms with Gasteiger partial charge in [-0.1, -0.05) is 59.3 Å². The van der Waals surface area contributed by atoms with Gasteiger partial charge in [-0.15, -0.1) is 0 Å². The van der Waals surface area contributed by atoms with Crippen LogP contribution in [0.3, 0.4) is 0 Å². The molecule has 102 valence electrons. The Morgan fingerprint density at radius 1 is 1.10 bits per heavy atom. The molecule has 1 atom stereocenters. The summed E-state index contributed by atoms with van der Waals surface area (Å²) in [7, 11) is 0. The third-order valence-electron chi connectivity index (χ3n) is 3.58. The summed E-state index contributed by atoms with van der Waals surface area (Å²) in [5.41, 5.74) is 9.59. The molecule has 0 bridgehead atoms. The van der Waals surface area contributed by atoms with E-state index in [0.29, 0.717) is 0 Å². The van der Waals surface area contributed by atoms with Crippen LogP contribution >= 0.6 is 15.9 Å². The van der Waals surface area contributed by atoms with E-state index in [2.05, 4.69) is 35.0 Å². The zero-order valence-electron chi connectivity index (χ0n) is 11.3. The molecule has 1 unspecified atom stereocenters. The van der Waals surface area contributed by atoms with Crippen LogP contribution in [0.15, 0.2) is 57.4 Å². The molecule has 0 amide bonds. The number of para-hydroxylation sites is 1. The summed E-state index contributed by atoms with van der Waals surface area (Å²) in [5.74, 6) is 0.967. The van der Waals surface area contributed by atoms with Gasteiger partial charge in [0.25, 0.3) is 0 Å². The summed E-state index contributed by atoms with van der Waals surface area (Å²) in [6.45, 7) is 2.09. The molecule has 1 aromatic heterocycles. The van der Waals surface area contributed by atoms with Crippen LogP contribution in [0.25, 0.3) is 11.0 Å². The van der Waals surface area contributed by atoms with Crippen molar-refractivity contribution in [3.8, 4) is 0 Å². The number of hydrogen-bond donors (Lipinski definition) is 1. The van der Waals surface area contributed by atoms with Gasteiger partial charge in [-0.3, -0.25) is 0 Å². The van der Waals surface area contributed by atoms with E-state index in [9.17, 15) is 0 Å². The van der Waals surface area contributed by atoms with E-state index in [1.54, 1.807) is 0 Å². The molecule has 3 heteroatoms. The largest absolute Gasteiger partial charge is 0.461 e. The lowest BCUT2D eigenvalue weighted by molar-refractivity contribution is 0.546. The highest BCUT2D eigenvalue weighted by Crippen LogP contribution is 2.35. The minimum Gasteiger partial charge on any atom is -0.461 e. The zero-order chi connectivity index (χ0) is 14.1. The predicted octanol–water partition coefficient (Wildman–Crippen LogP) is 4.81. The Morgan fingerprint density at radius 2 is 1.80 bits per heavy atom. The van der Waals surface area contributed by atoms with Crippen molar-refractivity contribution in [1.29, 1.82) is 0 Å². The quantitative estimate of drug-likeness (QED) is 0.749. The number of hydrogen-bond acceptors (Lipinski definition) is 2. The highest BCUT2D eigenvalue weighted by atomic mass is 79.9. The molecular formula is C17H16BrNO. The molecule has 3 aromatic rings. The standard InChI is InChI=1S/C17H16BrNO/c1-2-14-16(12-8-4-6-10-15(12)20-14)17(19)11-7-3-5-9-13(11)18/h3-10,17H,2,19H2,1H3. The van der Waals surface area contributed by atoms with Crippen LogP contribution in [-0.4, -0.2) is 0 Å². The van der Waals surface area contributed by atoms with Crippen LogP contribution in [0, 0.1) is 0 Å². The second kappa shape index (κ2) is 5.43. The summed E-state index contributed by atoms with van der Waals surface area (Å²) >= 11 is 3.58. The maximum absolute atomic E-state index is 6.51. The second-order valence-corrected chi connectivity index (χ2v) is 5.64. The van der Waals surface area contributed by atoms with Crippen LogP contribution in [0.4, 0.5) is 0 Å². The second-order valence-electron chi connectivity index (χ2n) is 4.79. The van der Waals surface area contributed by atoms with Gasteiger partial charge in [0.2, 0.25) is 0 Å². The van der Waals surface area contributed by atoms with Gasteiger partial charge in [0.05, 0.1) is 6.04 Å². The Kier molecular flexibility index (Phi) is 3.64. The molecule has 0 saturated carbocycles. The molecule has 0 radical (unpaired) electrons. The van der Waals surface area contributed by atoms with E-state index in [0.717, 1.165) is 38.7 Å². The highest BCUT2D eigenvalue weighted by molar-refractivity contribution is 9.10. The van der Waals surface area contributed by atoms with Crippen molar-refractivity contribution in [2.75, 3.05) is 0 Å². The number of nitrogens with two attached hydrogens (primary N) is 1. The van der Waals surface area contributed by atoms with E-state index >= 15 is 0 Å². The van der Waals surface area contributed by atoms with Gasteiger partial charge in [-0.25, -0.2) is 0 Å². The Balaban J connectivity index is 2.21. The van der Waals surface area contributed by atoms with Crippen molar-refractivity contribution < 1.29 is 4.42 Å². The maximum Gasteiger partial charge on any atom is 0.134 e. The first-order valence-electron chi connectivity index (χ1n) is 6.72. The lowest BCUT2D eigenvalue weighted by Crippen LogP contribution is -2.13. The third-order valence-corrected chi connectivity index (χ3v) is 4.31. The molecule has 0 fully saturated rings. The lowest BCUT2D eigenvalue weighted by atomic mass is 9.96. The molecule has 0 aliphatic heterocycles. The number of rotatable bonds is 3. The van der Waals surface area contributed by atoms with Gasteiger partial charge in [0.1, 0.15) is 11.3 Å². The van der Waals surface area contributed by atoms with Crippen LogP contribution in [0.2, 0.25) is 0 Å². The number of benzene rings is 2. The van der Waals surface area contributed by atoms with Crippen LogP contribution in [0.1, 0.15) is 29.9 Å². The molecular weight excluding hydrogens is 314 g/mol. The van der Waals surface area contributed by atoms with Crippen molar-refractivity contribution in [3.05, 3.63) is 69.9 Å². The lowest BCUT2D eigenvalue weighted by Gasteiger charge is -2.14. The summed E-state index contributed by atoms with van der Waals surface area (Å²) < 4.78 is 6.96. The van der Waals surface area contributed by atoms with E-state index in [4.69, 9.17) is 10.2 Å². The van der Waals surface area contributed by atoms with Gasteiger partial charge in [-0.2, -0.15) is 0 Å². The van der Waals surface area contributed by atoms with Gasteiger partial charge in [0, 0.05) is 21.8 Å². The van der Waals surface area contributed by atoms with Crippen molar-refractivity contribution in [2.45, 2.75) is 19.4 Å². The normalized spacial score (nSPS) is 12.8. The number of aryl methyl sites for hydroxylation is 1. The molecule has 1 heterocycles. The van der Waals surface area contributed by atoms with E-state index in [1.807, 2.05) is 36.4 Å². The summed E-state index contributed by atoms with van der Waals surface area (Å²) in [6, 6.07) is 16.0. The first kappa shape index (κ1) is 13.4. The molecule has 2 N–H and O–H groups in total. The molecule has 0 saturated heterocycles. The molecule has 0 aliphatic carbocycles. The minimum absolute atomic E-state index is 0.191. The van der Waals surface area contributed by atoms with Crippen LogP contribution < -0.4 is 5.73 Å². The third kappa shape index (κ3) is 2.17. The first-order chi connectivity index (χ1) is 9.72. The SMILES string of the molecule is CCc1oc2ccccc2c1C(N)c1ccccc1Br. The van der Waals surface area contributed by atoms with E-state index in [1.165, 1.54) is 0 Å². The van der Waals surface area contributed by atoms with Crippen molar-refractivity contribution in [1.82, 2.24) is 0 Å². The predicted molar refractivity (Wildman–Crippen MR) is 85.8 cm³/mol. The monoisotopic (exact) mass is 329 g/mol. The van der Waals surface area contributed by atoms with E-state index in [-0.39, 0.29) is 6.04 Å². The summed E-state index contributed by atoms with van der Waals surface area (Å²) in [6.07, 6.45) is 0.835. The van der Waals surface area contributed by atoms with Crippen LogP contribution in [-0.2, 0) is 6.42 Å². The smallest absolute Gasteiger partial charge is 0.134 e. The topological polar surface area (TPSA) is 39.2 Å². The highest BCUT2D eigenvalue weighted by Gasteiger charge is 2.21. The van der Waals surface area contributed by atoms with Gasteiger partial charge in [-0.05, 0) is 17.7 Å². The zero-order valence-corrected chi connectivity index (χ0v) is 12.9. The molecule has 20 heavy (non-hydrogen) atoms. The first-order valence-corrected chi connectivity index (χ1v) is 7.52. The molecule has 2 aromatic carbocycles. The fourth-order valence-corrected chi connectivity index (χ4v) is 3.13. The Morgan fingerprint density at radius 3 is 2.55 bits per heavy atom. The Hall–Kier alpha value is -1.58. The molecule has 3 rings (SSSR count). The van der Waals surface area contributed by atoms with Gasteiger partial charge in [0.15, 0.2) is 0 Å². The maximum atomic E-state index is 6.51. The fourth-order valence-electron chi connectivity index (χ4n) is 2.60. The average Bonchev–Trinajstić information content (AvgIpc) is 2.85. The number of furan rings is 1. The molecule has 2 nitrogen and oxygen atoms in total.